The van der Waals surface area contributed by atoms with Gasteiger partial charge in [0, 0.05) is 0 Å². The third-order valence-electron chi connectivity index (χ3n) is 3.04. The molecule has 0 radical (unpaired) electrons. The number of nitrogens with zero attached hydrogens (tertiary/aromatic N) is 3. The molecule has 3 heterocycles. The van der Waals surface area contributed by atoms with Gasteiger partial charge in [0.1, 0.15) is 19.8 Å². The van der Waals surface area contributed by atoms with Gasteiger partial charge in [0.05, 0.1) is 19.6 Å². The lowest BCUT2D eigenvalue weighted by atomic mass is 9.89. The van der Waals surface area contributed by atoms with Crippen LogP contribution in [0.25, 0.3) is 0 Å². The van der Waals surface area contributed by atoms with Gasteiger partial charge in [0.2, 0.25) is 17.7 Å². The molecule has 0 atom stereocenters. The zero-order valence-electron chi connectivity index (χ0n) is 9.81. The standard InChI is InChI=1S/C11H15N3O3/c1-11(8-12-2-5-15-8,9-13-3-6-16-9)10-14-4-7-17-10/h2-7H2,1H3. The molecule has 0 saturated heterocycles. The summed E-state index contributed by atoms with van der Waals surface area (Å²) in [6, 6.07) is 0. The zero-order chi connectivity index (χ0) is 11.7. The Morgan fingerprint density at radius 1 is 0.765 bits per heavy atom. The summed E-state index contributed by atoms with van der Waals surface area (Å²) in [5.74, 6) is 1.83. The van der Waals surface area contributed by atoms with Crippen LogP contribution in [0.2, 0.25) is 0 Å². The van der Waals surface area contributed by atoms with Gasteiger partial charge in [-0.15, -0.1) is 0 Å². The SMILES string of the molecule is CC(C1=NCCO1)(C1=NCCO1)C1=NCCO1. The van der Waals surface area contributed by atoms with E-state index in [0.29, 0.717) is 57.1 Å². The molecule has 92 valence electrons. The molecule has 0 aromatic carbocycles. The van der Waals surface area contributed by atoms with Crippen LogP contribution >= 0.6 is 0 Å². The Labute approximate surface area is 99.4 Å². The minimum atomic E-state index is -0.677. The van der Waals surface area contributed by atoms with Crippen LogP contribution in [0.1, 0.15) is 6.92 Å². The monoisotopic (exact) mass is 237 g/mol. The number of ether oxygens (including phenoxy) is 3. The predicted octanol–water partition coefficient (Wildman–Crippen LogP) is 0.279. The van der Waals surface area contributed by atoms with E-state index in [-0.39, 0.29) is 0 Å². The third-order valence-corrected chi connectivity index (χ3v) is 3.04. The predicted molar refractivity (Wildman–Crippen MR) is 62.9 cm³/mol. The second-order valence-electron chi connectivity index (χ2n) is 4.23. The highest BCUT2D eigenvalue weighted by atomic mass is 16.5. The van der Waals surface area contributed by atoms with Crippen molar-refractivity contribution in [2.45, 2.75) is 6.92 Å². The number of hydrogen-bond donors (Lipinski definition) is 0. The zero-order valence-corrected chi connectivity index (χ0v) is 9.81. The summed E-state index contributed by atoms with van der Waals surface area (Å²) in [7, 11) is 0. The molecular weight excluding hydrogens is 222 g/mol. The molecule has 6 nitrogen and oxygen atoms in total. The van der Waals surface area contributed by atoms with Gasteiger partial charge in [0.25, 0.3) is 0 Å². The van der Waals surface area contributed by atoms with Crippen LogP contribution in [0.15, 0.2) is 15.0 Å². The Balaban J connectivity index is 1.99. The fourth-order valence-electron chi connectivity index (χ4n) is 2.19. The molecule has 0 unspecified atom stereocenters. The summed E-state index contributed by atoms with van der Waals surface area (Å²) in [5.41, 5.74) is -0.677. The van der Waals surface area contributed by atoms with Crippen LogP contribution in [0, 0.1) is 5.41 Å². The largest absolute Gasteiger partial charge is 0.478 e. The van der Waals surface area contributed by atoms with E-state index in [1.165, 1.54) is 0 Å². The molecule has 6 heteroatoms. The summed E-state index contributed by atoms with van der Waals surface area (Å²) in [4.78, 5) is 13.1. The second-order valence-corrected chi connectivity index (χ2v) is 4.23. The van der Waals surface area contributed by atoms with Crippen LogP contribution < -0.4 is 0 Å². The molecule has 0 N–H and O–H groups in total. The molecule has 0 amide bonds. The van der Waals surface area contributed by atoms with Crippen molar-refractivity contribution in [3.05, 3.63) is 0 Å². The first-order valence-corrected chi connectivity index (χ1v) is 5.85. The van der Waals surface area contributed by atoms with E-state index in [1.807, 2.05) is 6.92 Å². The lowest BCUT2D eigenvalue weighted by Crippen LogP contribution is -2.44. The van der Waals surface area contributed by atoms with Crippen molar-refractivity contribution in [1.82, 2.24) is 0 Å². The van der Waals surface area contributed by atoms with Crippen LogP contribution in [0.5, 0.6) is 0 Å². The summed E-state index contributed by atoms with van der Waals surface area (Å²) in [6.45, 7) is 5.77. The Kier molecular flexibility index (Phi) is 2.49. The molecule has 3 rings (SSSR count). The van der Waals surface area contributed by atoms with Crippen molar-refractivity contribution in [2.75, 3.05) is 39.5 Å². The molecule has 0 spiro atoms. The van der Waals surface area contributed by atoms with Gasteiger partial charge in [-0.05, 0) is 6.92 Å². The lowest BCUT2D eigenvalue weighted by Gasteiger charge is -2.26. The normalized spacial score (nSPS) is 23.5. The highest BCUT2D eigenvalue weighted by Gasteiger charge is 2.49. The first-order chi connectivity index (χ1) is 8.32. The fraction of sp³-hybridized carbons (Fsp3) is 0.727. The third kappa shape index (κ3) is 1.59. The van der Waals surface area contributed by atoms with Gasteiger partial charge >= 0.3 is 0 Å². The fourth-order valence-corrected chi connectivity index (χ4v) is 2.19. The molecule has 0 bridgehead atoms. The maximum absolute atomic E-state index is 5.57. The van der Waals surface area contributed by atoms with E-state index in [4.69, 9.17) is 14.2 Å². The molecule has 0 fully saturated rings. The average molecular weight is 237 g/mol. The Hall–Kier alpha value is -1.59. The van der Waals surface area contributed by atoms with Crippen molar-refractivity contribution in [2.24, 2.45) is 20.4 Å². The maximum Gasteiger partial charge on any atom is 0.208 e. The van der Waals surface area contributed by atoms with Gasteiger partial charge in [-0.25, -0.2) is 0 Å². The van der Waals surface area contributed by atoms with Crippen LogP contribution in [0.3, 0.4) is 0 Å². The van der Waals surface area contributed by atoms with E-state index in [0.717, 1.165) is 0 Å². The minimum absolute atomic E-state index is 0.603. The number of aliphatic imine (C=N–C) groups is 3. The van der Waals surface area contributed by atoms with Gasteiger partial charge < -0.3 is 14.2 Å². The molecule has 3 aliphatic heterocycles. The van der Waals surface area contributed by atoms with Crippen molar-refractivity contribution < 1.29 is 14.2 Å². The van der Waals surface area contributed by atoms with Crippen molar-refractivity contribution >= 4 is 17.7 Å². The summed E-state index contributed by atoms with van der Waals surface area (Å²) >= 11 is 0. The van der Waals surface area contributed by atoms with Crippen LogP contribution in [-0.4, -0.2) is 57.1 Å². The van der Waals surface area contributed by atoms with E-state index in [9.17, 15) is 0 Å². The van der Waals surface area contributed by atoms with E-state index < -0.39 is 5.41 Å². The molecule has 0 saturated carbocycles. The van der Waals surface area contributed by atoms with Crippen LogP contribution in [0.4, 0.5) is 0 Å². The summed E-state index contributed by atoms with van der Waals surface area (Å²) in [6.07, 6.45) is 0. The minimum Gasteiger partial charge on any atom is -0.478 e. The van der Waals surface area contributed by atoms with Crippen molar-refractivity contribution in [1.29, 1.82) is 0 Å². The summed E-state index contributed by atoms with van der Waals surface area (Å²) < 4.78 is 16.7. The quantitative estimate of drug-likeness (QED) is 0.708. The molecule has 0 aliphatic carbocycles. The lowest BCUT2D eigenvalue weighted by molar-refractivity contribution is 0.270. The highest BCUT2D eigenvalue weighted by Crippen LogP contribution is 2.30. The van der Waals surface area contributed by atoms with Crippen molar-refractivity contribution in [3.63, 3.8) is 0 Å². The molecule has 0 aromatic rings. The van der Waals surface area contributed by atoms with Gasteiger partial charge in [0.15, 0.2) is 5.41 Å². The van der Waals surface area contributed by atoms with Crippen molar-refractivity contribution in [3.8, 4) is 0 Å². The van der Waals surface area contributed by atoms with Gasteiger partial charge in [-0.3, -0.25) is 15.0 Å². The second kappa shape index (κ2) is 4.01. The molecular formula is C11H15N3O3. The Morgan fingerprint density at radius 2 is 1.12 bits per heavy atom. The number of hydrogen-bond acceptors (Lipinski definition) is 6. The topological polar surface area (TPSA) is 64.8 Å². The molecule has 3 aliphatic rings. The Morgan fingerprint density at radius 3 is 1.35 bits per heavy atom. The van der Waals surface area contributed by atoms with E-state index in [1.54, 1.807) is 0 Å². The van der Waals surface area contributed by atoms with Gasteiger partial charge in [-0.1, -0.05) is 0 Å². The average Bonchev–Trinajstić information content (AvgIpc) is 3.10. The molecule has 17 heavy (non-hydrogen) atoms. The Bertz CT molecular complexity index is 354. The smallest absolute Gasteiger partial charge is 0.208 e. The highest BCUT2D eigenvalue weighted by molar-refractivity contribution is 6.22. The molecule has 0 aromatic heterocycles. The first-order valence-electron chi connectivity index (χ1n) is 5.85. The van der Waals surface area contributed by atoms with Gasteiger partial charge in [-0.2, -0.15) is 0 Å². The maximum atomic E-state index is 5.57. The summed E-state index contributed by atoms with van der Waals surface area (Å²) in [5, 5.41) is 0. The number of rotatable bonds is 3. The van der Waals surface area contributed by atoms with Crippen LogP contribution in [-0.2, 0) is 14.2 Å². The van der Waals surface area contributed by atoms with E-state index >= 15 is 0 Å². The first kappa shape index (κ1) is 10.6. The van der Waals surface area contributed by atoms with E-state index in [2.05, 4.69) is 15.0 Å².